The second-order valence-corrected chi connectivity index (χ2v) is 5.63. The van der Waals surface area contributed by atoms with E-state index in [2.05, 4.69) is 10.6 Å². The standard InChI is InChI=1S/C14H18N2O4S/c1-9(2)15-14(20)10-4-3-5-11(6-10)16-12(17)7-21-8-13(18)19/h3-6,9H,7-8H2,1-2H3,(H,15,20)(H,16,17)(H,18,19). The number of carbonyl (C=O) groups excluding carboxylic acids is 2. The number of hydrogen-bond acceptors (Lipinski definition) is 4. The first-order valence-electron chi connectivity index (χ1n) is 6.39. The number of rotatable bonds is 7. The minimum Gasteiger partial charge on any atom is -0.481 e. The number of thioether (sulfide) groups is 1. The highest BCUT2D eigenvalue weighted by Crippen LogP contribution is 2.12. The molecule has 2 amide bonds. The van der Waals surface area contributed by atoms with Gasteiger partial charge < -0.3 is 15.7 Å². The van der Waals surface area contributed by atoms with Crippen LogP contribution in [0.3, 0.4) is 0 Å². The maximum absolute atomic E-state index is 11.8. The quantitative estimate of drug-likeness (QED) is 0.710. The van der Waals surface area contributed by atoms with Gasteiger partial charge in [-0.3, -0.25) is 14.4 Å². The largest absolute Gasteiger partial charge is 0.481 e. The van der Waals surface area contributed by atoms with Gasteiger partial charge in [-0.15, -0.1) is 11.8 Å². The van der Waals surface area contributed by atoms with Crippen molar-refractivity contribution >= 4 is 35.2 Å². The van der Waals surface area contributed by atoms with E-state index in [0.717, 1.165) is 11.8 Å². The Morgan fingerprint density at radius 3 is 2.57 bits per heavy atom. The van der Waals surface area contributed by atoms with Gasteiger partial charge in [0, 0.05) is 17.3 Å². The lowest BCUT2D eigenvalue weighted by Gasteiger charge is -2.10. The maximum Gasteiger partial charge on any atom is 0.313 e. The molecule has 1 aromatic rings. The number of carboxylic acids is 1. The first-order chi connectivity index (χ1) is 9.88. The molecule has 3 N–H and O–H groups in total. The van der Waals surface area contributed by atoms with Crippen LogP contribution in [-0.2, 0) is 9.59 Å². The topological polar surface area (TPSA) is 95.5 Å². The Labute approximate surface area is 127 Å². The van der Waals surface area contributed by atoms with E-state index in [1.807, 2.05) is 13.8 Å². The van der Waals surface area contributed by atoms with Crippen LogP contribution >= 0.6 is 11.8 Å². The Kier molecular flexibility index (Phi) is 6.74. The monoisotopic (exact) mass is 310 g/mol. The van der Waals surface area contributed by atoms with Crippen molar-refractivity contribution in [1.29, 1.82) is 0 Å². The molecule has 0 bridgehead atoms. The third-order valence-corrected chi connectivity index (χ3v) is 3.20. The van der Waals surface area contributed by atoms with Crippen molar-refractivity contribution in [2.75, 3.05) is 16.8 Å². The van der Waals surface area contributed by atoms with Crippen LogP contribution in [-0.4, -0.2) is 40.4 Å². The number of carboxylic acid groups (broad SMARTS) is 1. The molecule has 0 radical (unpaired) electrons. The molecule has 6 nitrogen and oxygen atoms in total. The molecular formula is C14H18N2O4S. The number of amides is 2. The van der Waals surface area contributed by atoms with E-state index in [9.17, 15) is 14.4 Å². The fourth-order valence-electron chi connectivity index (χ4n) is 1.51. The van der Waals surface area contributed by atoms with Crippen LogP contribution in [0.5, 0.6) is 0 Å². The van der Waals surface area contributed by atoms with E-state index in [-0.39, 0.29) is 29.4 Å². The van der Waals surface area contributed by atoms with Crippen LogP contribution in [0.25, 0.3) is 0 Å². The average molecular weight is 310 g/mol. The summed E-state index contributed by atoms with van der Waals surface area (Å²) in [6.07, 6.45) is 0. The molecule has 21 heavy (non-hydrogen) atoms. The summed E-state index contributed by atoms with van der Waals surface area (Å²) in [5, 5.41) is 13.9. The number of anilines is 1. The minimum atomic E-state index is -0.958. The van der Waals surface area contributed by atoms with Gasteiger partial charge in [0.1, 0.15) is 0 Å². The van der Waals surface area contributed by atoms with Crippen molar-refractivity contribution in [3.63, 3.8) is 0 Å². The van der Waals surface area contributed by atoms with Gasteiger partial charge in [0.15, 0.2) is 0 Å². The first kappa shape index (κ1) is 17.0. The van der Waals surface area contributed by atoms with E-state index in [1.54, 1.807) is 24.3 Å². The van der Waals surface area contributed by atoms with E-state index in [0.29, 0.717) is 11.3 Å². The molecule has 0 saturated carbocycles. The molecule has 0 aromatic heterocycles. The second-order valence-electron chi connectivity index (χ2n) is 4.64. The van der Waals surface area contributed by atoms with Crippen molar-refractivity contribution < 1.29 is 19.5 Å². The summed E-state index contributed by atoms with van der Waals surface area (Å²) in [5.41, 5.74) is 0.965. The number of nitrogens with one attached hydrogen (secondary N) is 2. The van der Waals surface area contributed by atoms with Gasteiger partial charge in [-0.1, -0.05) is 6.07 Å². The SMILES string of the molecule is CC(C)NC(=O)c1cccc(NC(=O)CSCC(=O)O)c1. The molecule has 0 aliphatic heterocycles. The van der Waals surface area contributed by atoms with Gasteiger partial charge in [0.05, 0.1) is 11.5 Å². The first-order valence-corrected chi connectivity index (χ1v) is 7.54. The summed E-state index contributed by atoms with van der Waals surface area (Å²) in [7, 11) is 0. The molecule has 114 valence electrons. The molecule has 1 aromatic carbocycles. The fourth-order valence-corrected chi connectivity index (χ4v) is 2.05. The van der Waals surface area contributed by atoms with E-state index >= 15 is 0 Å². The zero-order valence-electron chi connectivity index (χ0n) is 11.9. The van der Waals surface area contributed by atoms with Crippen LogP contribution in [0.2, 0.25) is 0 Å². The Balaban J connectivity index is 2.58. The zero-order valence-corrected chi connectivity index (χ0v) is 12.7. The molecule has 0 saturated heterocycles. The van der Waals surface area contributed by atoms with Crippen LogP contribution in [0.4, 0.5) is 5.69 Å². The van der Waals surface area contributed by atoms with Crippen molar-refractivity contribution in [2.24, 2.45) is 0 Å². The lowest BCUT2D eigenvalue weighted by Crippen LogP contribution is -2.30. The Hall–Kier alpha value is -2.02. The van der Waals surface area contributed by atoms with Gasteiger partial charge in [-0.2, -0.15) is 0 Å². The number of benzene rings is 1. The van der Waals surface area contributed by atoms with Crippen molar-refractivity contribution in [1.82, 2.24) is 5.32 Å². The third-order valence-electron chi connectivity index (χ3n) is 2.29. The lowest BCUT2D eigenvalue weighted by atomic mass is 10.2. The average Bonchev–Trinajstić information content (AvgIpc) is 2.37. The summed E-state index contributed by atoms with van der Waals surface area (Å²) in [4.78, 5) is 33.8. The number of carbonyl (C=O) groups is 3. The summed E-state index contributed by atoms with van der Waals surface area (Å²) >= 11 is 1.02. The summed E-state index contributed by atoms with van der Waals surface area (Å²) in [5.74, 6) is -1.54. The van der Waals surface area contributed by atoms with Gasteiger partial charge in [-0.25, -0.2) is 0 Å². The van der Waals surface area contributed by atoms with Crippen LogP contribution in [0.1, 0.15) is 24.2 Å². The van der Waals surface area contributed by atoms with E-state index in [1.165, 1.54) is 0 Å². The van der Waals surface area contributed by atoms with Crippen LogP contribution < -0.4 is 10.6 Å². The Bertz CT molecular complexity index is 531. The zero-order chi connectivity index (χ0) is 15.8. The van der Waals surface area contributed by atoms with Gasteiger partial charge in [0.25, 0.3) is 5.91 Å². The normalized spacial score (nSPS) is 10.2. The molecule has 0 spiro atoms. The molecule has 1 rings (SSSR count). The summed E-state index contributed by atoms with van der Waals surface area (Å²) < 4.78 is 0. The highest BCUT2D eigenvalue weighted by molar-refractivity contribution is 8.00. The van der Waals surface area contributed by atoms with Gasteiger partial charge in [0.2, 0.25) is 5.91 Å². The minimum absolute atomic E-state index is 0.0307. The maximum atomic E-state index is 11.8. The van der Waals surface area contributed by atoms with Crippen molar-refractivity contribution in [3.8, 4) is 0 Å². The van der Waals surface area contributed by atoms with Gasteiger partial charge >= 0.3 is 5.97 Å². The highest BCUT2D eigenvalue weighted by atomic mass is 32.2. The highest BCUT2D eigenvalue weighted by Gasteiger charge is 2.09. The van der Waals surface area contributed by atoms with Crippen molar-refractivity contribution in [3.05, 3.63) is 29.8 Å². The Morgan fingerprint density at radius 1 is 1.24 bits per heavy atom. The molecule has 0 aliphatic carbocycles. The predicted octanol–water partition coefficient (Wildman–Crippen LogP) is 1.58. The van der Waals surface area contributed by atoms with E-state index in [4.69, 9.17) is 5.11 Å². The smallest absolute Gasteiger partial charge is 0.313 e. The van der Waals surface area contributed by atoms with Crippen LogP contribution in [0.15, 0.2) is 24.3 Å². The molecule has 0 aliphatic rings. The summed E-state index contributed by atoms with van der Waals surface area (Å²) in [6.45, 7) is 3.73. The second kappa shape index (κ2) is 8.31. The summed E-state index contributed by atoms with van der Waals surface area (Å²) in [6, 6.07) is 6.62. The van der Waals surface area contributed by atoms with Crippen LogP contribution in [0, 0.1) is 0 Å². The number of hydrogen-bond donors (Lipinski definition) is 3. The molecule has 0 unspecified atom stereocenters. The molecule has 0 heterocycles. The fraction of sp³-hybridized carbons (Fsp3) is 0.357. The third kappa shape index (κ3) is 6.80. The van der Waals surface area contributed by atoms with Crippen molar-refractivity contribution in [2.45, 2.75) is 19.9 Å². The molecule has 7 heteroatoms. The number of aliphatic carboxylic acids is 1. The van der Waals surface area contributed by atoms with Gasteiger partial charge in [-0.05, 0) is 32.0 Å². The lowest BCUT2D eigenvalue weighted by molar-refractivity contribution is -0.133. The van der Waals surface area contributed by atoms with E-state index < -0.39 is 5.97 Å². The molecular weight excluding hydrogens is 292 g/mol. The Morgan fingerprint density at radius 2 is 1.95 bits per heavy atom. The molecule has 0 atom stereocenters. The molecule has 0 fully saturated rings. The predicted molar refractivity (Wildman–Crippen MR) is 82.6 cm³/mol.